The lowest BCUT2D eigenvalue weighted by Gasteiger charge is -2.30. The molecule has 1 atom stereocenters. The van der Waals surface area contributed by atoms with Crippen molar-refractivity contribution < 1.29 is 12.6 Å². The van der Waals surface area contributed by atoms with Crippen molar-refractivity contribution in [2.24, 2.45) is 0 Å². The van der Waals surface area contributed by atoms with E-state index in [4.69, 9.17) is 9.50 Å². The Morgan fingerprint density at radius 1 is 0.912 bits per heavy atom. The van der Waals surface area contributed by atoms with E-state index in [1.54, 1.807) is 24.3 Å². The molecule has 0 aliphatic carbocycles. The SMILES string of the molecule is Cc1ccc(S(=O)(=O)OCCCCCCCCCCCCC2(CC#CI)CCCCC[N]2)cc1. The molecule has 0 spiro atoms. The topological polar surface area (TPSA) is 57.5 Å². The third-order valence-corrected chi connectivity index (χ3v) is 8.52. The highest BCUT2D eigenvalue weighted by molar-refractivity contribution is 14.1. The summed E-state index contributed by atoms with van der Waals surface area (Å²) in [7, 11) is -3.62. The molecular formula is C28H43INO3S. The number of nitrogens with zero attached hydrogens (tertiary/aromatic N) is 1. The Morgan fingerprint density at radius 2 is 1.53 bits per heavy atom. The second-order valence-corrected chi connectivity index (χ2v) is 11.9. The molecular weight excluding hydrogens is 557 g/mol. The Bertz CT molecular complexity index is 835. The van der Waals surface area contributed by atoms with Gasteiger partial charge in [-0.05, 0) is 48.7 Å². The summed E-state index contributed by atoms with van der Waals surface area (Å²) in [5.41, 5.74) is 1.17. The monoisotopic (exact) mass is 600 g/mol. The van der Waals surface area contributed by atoms with Crippen LogP contribution >= 0.6 is 22.6 Å². The number of benzene rings is 1. The Hall–Kier alpha value is -0.620. The zero-order chi connectivity index (χ0) is 24.5. The Morgan fingerprint density at radius 3 is 2.18 bits per heavy atom. The highest BCUT2D eigenvalue weighted by atomic mass is 127. The zero-order valence-electron chi connectivity index (χ0n) is 21.0. The van der Waals surface area contributed by atoms with E-state index in [-0.39, 0.29) is 17.0 Å². The molecule has 0 saturated carbocycles. The maximum Gasteiger partial charge on any atom is 0.296 e. The second-order valence-electron chi connectivity index (χ2n) is 9.74. The van der Waals surface area contributed by atoms with Gasteiger partial charge in [0.25, 0.3) is 10.1 Å². The van der Waals surface area contributed by atoms with E-state index < -0.39 is 10.1 Å². The summed E-state index contributed by atoms with van der Waals surface area (Å²) in [5, 5.41) is 5.06. The molecule has 0 bridgehead atoms. The Kier molecular flexibility index (Phi) is 14.8. The molecule has 1 aromatic carbocycles. The van der Waals surface area contributed by atoms with Crippen LogP contribution in [0.2, 0.25) is 0 Å². The second kappa shape index (κ2) is 16.9. The first-order valence-electron chi connectivity index (χ1n) is 13.2. The predicted octanol–water partition coefficient (Wildman–Crippen LogP) is 7.69. The first kappa shape index (κ1) is 29.6. The van der Waals surface area contributed by atoms with Crippen LogP contribution in [0, 0.1) is 16.8 Å². The summed E-state index contributed by atoms with van der Waals surface area (Å²) >= 11 is 2.15. The van der Waals surface area contributed by atoms with Crippen LogP contribution in [0.3, 0.4) is 0 Å². The third kappa shape index (κ3) is 11.9. The minimum Gasteiger partial charge on any atom is -0.266 e. The average Bonchev–Trinajstić information content (AvgIpc) is 3.07. The van der Waals surface area contributed by atoms with Gasteiger partial charge in [-0.3, -0.25) is 4.18 Å². The van der Waals surface area contributed by atoms with E-state index >= 15 is 0 Å². The van der Waals surface area contributed by atoms with Crippen LogP contribution in [-0.2, 0) is 14.3 Å². The summed E-state index contributed by atoms with van der Waals surface area (Å²) in [6, 6.07) is 6.80. The van der Waals surface area contributed by atoms with E-state index in [0.29, 0.717) is 0 Å². The van der Waals surface area contributed by atoms with Gasteiger partial charge in [-0.15, -0.1) is 0 Å². The molecule has 1 aliphatic rings. The molecule has 34 heavy (non-hydrogen) atoms. The summed E-state index contributed by atoms with van der Waals surface area (Å²) in [4.78, 5) is 0.242. The molecule has 191 valence electrons. The Labute approximate surface area is 222 Å². The van der Waals surface area contributed by atoms with Gasteiger partial charge >= 0.3 is 0 Å². The normalized spacial score (nSPS) is 18.8. The van der Waals surface area contributed by atoms with Crippen molar-refractivity contribution in [1.82, 2.24) is 5.32 Å². The molecule has 1 aromatic rings. The van der Waals surface area contributed by atoms with Crippen LogP contribution < -0.4 is 5.32 Å². The fourth-order valence-electron chi connectivity index (χ4n) is 4.68. The molecule has 1 heterocycles. The summed E-state index contributed by atoms with van der Waals surface area (Å²) in [5.74, 6) is 3.30. The zero-order valence-corrected chi connectivity index (χ0v) is 24.0. The van der Waals surface area contributed by atoms with E-state index in [9.17, 15) is 8.42 Å². The van der Waals surface area contributed by atoms with Gasteiger partial charge in [-0.1, -0.05) is 94.2 Å². The summed E-state index contributed by atoms with van der Waals surface area (Å²) < 4.78 is 32.5. The fourth-order valence-corrected chi connectivity index (χ4v) is 5.82. The number of hydrogen-bond acceptors (Lipinski definition) is 3. The first-order chi connectivity index (χ1) is 16.5. The van der Waals surface area contributed by atoms with E-state index in [1.807, 2.05) is 6.92 Å². The summed E-state index contributed by atoms with van der Waals surface area (Å²) in [6.45, 7) is 3.23. The van der Waals surface area contributed by atoms with Crippen LogP contribution in [0.25, 0.3) is 0 Å². The molecule has 1 aliphatic heterocycles. The molecule has 2 rings (SSSR count). The number of halogens is 1. The van der Waals surface area contributed by atoms with Crippen LogP contribution in [0.1, 0.15) is 108 Å². The van der Waals surface area contributed by atoms with Gasteiger partial charge in [0.05, 0.1) is 11.5 Å². The van der Waals surface area contributed by atoms with E-state index in [1.165, 1.54) is 77.0 Å². The molecule has 4 nitrogen and oxygen atoms in total. The maximum absolute atomic E-state index is 12.2. The van der Waals surface area contributed by atoms with Crippen molar-refractivity contribution in [3.8, 4) is 9.85 Å². The average molecular weight is 601 g/mol. The molecule has 0 aromatic heterocycles. The summed E-state index contributed by atoms with van der Waals surface area (Å²) in [6.07, 6.45) is 19.2. The molecule has 6 heteroatoms. The number of aryl methyl sites for hydroxylation is 1. The quantitative estimate of drug-likeness (QED) is 0.0846. The van der Waals surface area contributed by atoms with Crippen molar-refractivity contribution in [2.45, 2.75) is 120 Å². The minimum absolute atomic E-state index is 0.137. The van der Waals surface area contributed by atoms with Gasteiger partial charge in [0.15, 0.2) is 0 Å². The number of unbranched alkanes of at least 4 members (excludes halogenated alkanes) is 9. The van der Waals surface area contributed by atoms with Crippen LogP contribution in [0.4, 0.5) is 0 Å². The van der Waals surface area contributed by atoms with Crippen molar-refractivity contribution in [2.75, 3.05) is 13.2 Å². The van der Waals surface area contributed by atoms with E-state index in [2.05, 4.69) is 32.4 Å². The third-order valence-electron chi connectivity index (χ3n) is 6.82. The lowest BCUT2D eigenvalue weighted by atomic mass is 9.84. The number of rotatable bonds is 16. The van der Waals surface area contributed by atoms with Crippen molar-refractivity contribution in [1.29, 1.82) is 0 Å². The van der Waals surface area contributed by atoms with Crippen LogP contribution in [0.15, 0.2) is 29.2 Å². The highest BCUT2D eigenvalue weighted by Crippen LogP contribution is 2.29. The standard InChI is InChI=1S/C28H43INO3S/c1-26-16-18-27(19-17-26)34(31,32)33-25-14-9-7-5-3-2-4-6-8-11-20-28(22-15-23-29)21-12-10-13-24-30-28/h16-19H,2-14,20-22,24-25H2,1H3. The van der Waals surface area contributed by atoms with Gasteiger partial charge in [0, 0.05) is 41.1 Å². The van der Waals surface area contributed by atoms with E-state index in [0.717, 1.165) is 37.8 Å². The smallest absolute Gasteiger partial charge is 0.266 e. The predicted molar refractivity (Wildman–Crippen MR) is 150 cm³/mol. The number of hydrogen-bond donors (Lipinski definition) is 0. The van der Waals surface area contributed by atoms with Gasteiger partial charge in [0.1, 0.15) is 0 Å². The lowest BCUT2D eigenvalue weighted by molar-refractivity contribution is 0.282. The minimum atomic E-state index is -3.62. The first-order valence-corrected chi connectivity index (χ1v) is 15.7. The van der Waals surface area contributed by atoms with Gasteiger partial charge in [-0.2, -0.15) is 8.42 Å². The fraction of sp³-hybridized carbons (Fsp3) is 0.714. The van der Waals surface area contributed by atoms with Gasteiger partial charge in [-0.25, -0.2) is 5.32 Å². The molecule has 1 saturated heterocycles. The molecule has 1 fully saturated rings. The van der Waals surface area contributed by atoms with Crippen molar-refractivity contribution in [3.05, 3.63) is 29.8 Å². The van der Waals surface area contributed by atoms with Crippen molar-refractivity contribution >= 4 is 32.7 Å². The van der Waals surface area contributed by atoms with Gasteiger partial charge in [0.2, 0.25) is 0 Å². The molecule has 1 radical (unpaired) electrons. The van der Waals surface area contributed by atoms with Gasteiger partial charge < -0.3 is 0 Å². The lowest BCUT2D eigenvalue weighted by Crippen LogP contribution is -2.39. The van der Waals surface area contributed by atoms with Crippen molar-refractivity contribution in [3.63, 3.8) is 0 Å². The van der Waals surface area contributed by atoms with Crippen LogP contribution in [0.5, 0.6) is 0 Å². The maximum atomic E-state index is 12.2. The highest BCUT2D eigenvalue weighted by Gasteiger charge is 2.30. The molecule has 0 amide bonds. The Balaban J connectivity index is 1.45. The largest absolute Gasteiger partial charge is 0.296 e. The molecule has 0 N–H and O–H groups in total. The molecule has 1 unspecified atom stereocenters. The van der Waals surface area contributed by atoms with Crippen LogP contribution in [-0.4, -0.2) is 27.1 Å².